The van der Waals surface area contributed by atoms with Gasteiger partial charge in [0.15, 0.2) is 0 Å². The van der Waals surface area contributed by atoms with Crippen molar-refractivity contribution in [2.75, 3.05) is 7.11 Å². The van der Waals surface area contributed by atoms with Gasteiger partial charge in [-0.25, -0.2) is 4.39 Å². The molecule has 2 aromatic carbocycles. The van der Waals surface area contributed by atoms with E-state index in [0.29, 0.717) is 16.9 Å². The first-order valence-corrected chi connectivity index (χ1v) is 7.55. The molecule has 1 unspecified atom stereocenters. The minimum Gasteiger partial charge on any atom is -0.496 e. The standard InChI is InChI=1S/C15H13Br2FO2/c1-20-15-8-11(17)2-4-12(15)14(19)7-9-6-10(16)3-5-13(9)18/h2-6,8,14,19H,7H2,1H3. The van der Waals surface area contributed by atoms with Crippen LogP contribution in [-0.2, 0) is 6.42 Å². The number of methoxy groups -OCH3 is 1. The lowest BCUT2D eigenvalue weighted by atomic mass is 10.0. The van der Waals surface area contributed by atoms with Crippen molar-refractivity contribution in [1.82, 2.24) is 0 Å². The average molecular weight is 404 g/mol. The summed E-state index contributed by atoms with van der Waals surface area (Å²) >= 11 is 6.65. The molecule has 0 amide bonds. The maximum absolute atomic E-state index is 13.7. The summed E-state index contributed by atoms with van der Waals surface area (Å²) in [5.74, 6) is 0.241. The number of ether oxygens (including phenoxy) is 1. The second-order valence-corrected chi connectivity index (χ2v) is 6.17. The van der Waals surface area contributed by atoms with E-state index in [4.69, 9.17) is 4.74 Å². The van der Waals surface area contributed by atoms with Gasteiger partial charge in [0.05, 0.1) is 13.2 Å². The zero-order valence-electron chi connectivity index (χ0n) is 10.7. The van der Waals surface area contributed by atoms with Crippen LogP contribution in [0.4, 0.5) is 4.39 Å². The Morgan fingerprint density at radius 3 is 2.50 bits per heavy atom. The maximum Gasteiger partial charge on any atom is 0.126 e. The van der Waals surface area contributed by atoms with E-state index < -0.39 is 6.10 Å². The number of halogens is 3. The molecule has 2 rings (SSSR count). The lowest BCUT2D eigenvalue weighted by Gasteiger charge is -2.15. The smallest absolute Gasteiger partial charge is 0.126 e. The predicted octanol–water partition coefficient (Wildman–Crippen LogP) is 4.64. The zero-order chi connectivity index (χ0) is 14.7. The Bertz CT molecular complexity index is 617. The minimum absolute atomic E-state index is 0.184. The molecule has 0 aliphatic heterocycles. The third kappa shape index (κ3) is 3.59. The highest BCUT2D eigenvalue weighted by Gasteiger charge is 2.16. The number of aliphatic hydroxyl groups excluding tert-OH is 1. The van der Waals surface area contributed by atoms with Gasteiger partial charge < -0.3 is 9.84 Å². The zero-order valence-corrected chi connectivity index (χ0v) is 13.9. The van der Waals surface area contributed by atoms with Gasteiger partial charge in [-0.1, -0.05) is 37.9 Å². The average Bonchev–Trinajstić information content (AvgIpc) is 2.42. The van der Waals surface area contributed by atoms with Crippen LogP contribution in [0.1, 0.15) is 17.2 Å². The summed E-state index contributed by atoms with van der Waals surface area (Å²) in [4.78, 5) is 0. The molecule has 20 heavy (non-hydrogen) atoms. The van der Waals surface area contributed by atoms with E-state index in [1.54, 1.807) is 24.3 Å². The molecule has 0 bridgehead atoms. The summed E-state index contributed by atoms with van der Waals surface area (Å²) < 4.78 is 20.6. The Morgan fingerprint density at radius 2 is 1.80 bits per heavy atom. The van der Waals surface area contributed by atoms with Crippen LogP contribution >= 0.6 is 31.9 Å². The molecule has 5 heteroatoms. The Kier molecular flexibility index (Phi) is 5.18. The van der Waals surface area contributed by atoms with Crippen molar-refractivity contribution >= 4 is 31.9 Å². The lowest BCUT2D eigenvalue weighted by Crippen LogP contribution is -2.05. The Hall–Kier alpha value is -0.910. The van der Waals surface area contributed by atoms with Gasteiger partial charge in [-0.05, 0) is 35.9 Å². The molecule has 0 saturated carbocycles. The second-order valence-electron chi connectivity index (χ2n) is 4.34. The molecule has 0 aliphatic rings. The van der Waals surface area contributed by atoms with Gasteiger partial charge in [0.1, 0.15) is 11.6 Å². The minimum atomic E-state index is -0.832. The molecule has 0 radical (unpaired) electrons. The highest BCUT2D eigenvalue weighted by molar-refractivity contribution is 9.10. The first-order chi connectivity index (χ1) is 9.51. The molecule has 106 valence electrons. The third-order valence-electron chi connectivity index (χ3n) is 2.98. The predicted molar refractivity (Wildman–Crippen MR) is 83.5 cm³/mol. The molecule has 2 aromatic rings. The third-order valence-corrected chi connectivity index (χ3v) is 3.96. The van der Waals surface area contributed by atoms with Crippen molar-refractivity contribution in [2.45, 2.75) is 12.5 Å². The quantitative estimate of drug-likeness (QED) is 0.805. The van der Waals surface area contributed by atoms with Gasteiger partial charge >= 0.3 is 0 Å². The van der Waals surface area contributed by atoms with Crippen molar-refractivity contribution in [3.05, 3.63) is 62.3 Å². The van der Waals surface area contributed by atoms with E-state index in [1.165, 1.54) is 13.2 Å². The van der Waals surface area contributed by atoms with Crippen LogP contribution in [0.3, 0.4) is 0 Å². The molecule has 2 nitrogen and oxygen atoms in total. The van der Waals surface area contributed by atoms with Crippen LogP contribution in [0.2, 0.25) is 0 Å². The molecule has 0 heterocycles. The number of rotatable bonds is 4. The van der Waals surface area contributed by atoms with E-state index in [0.717, 1.165) is 8.95 Å². The van der Waals surface area contributed by atoms with Crippen LogP contribution in [0.25, 0.3) is 0 Å². The highest BCUT2D eigenvalue weighted by atomic mass is 79.9. The van der Waals surface area contributed by atoms with Crippen LogP contribution in [0, 0.1) is 5.82 Å². The van der Waals surface area contributed by atoms with Gasteiger partial charge in [0.25, 0.3) is 0 Å². The Morgan fingerprint density at radius 1 is 1.15 bits per heavy atom. The second kappa shape index (κ2) is 6.70. The molecule has 0 aromatic heterocycles. The molecule has 1 N–H and O–H groups in total. The fourth-order valence-electron chi connectivity index (χ4n) is 1.98. The summed E-state index contributed by atoms with van der Waals surface area (Å²) in [7, 11) is 1.54. The molecular formula is C15H13Br2FO2. The molecular weight excluding hydrogens is 391 g/mol. The molecule has 0 saturated heterocycles. The van der Waals surface area contributed by atoms with Crippen LogP contribution in [-0.4, -0.2) is 12.2 Å². The Labute approximate surface area is 133 Å². The van der Waals surface area contributed by atoms with Gasteiger partial charge in [-0.3, -0.25) is 0 Å². The number of hydrogen-bond acceptors (Lipinski definition) is 2. The molecule has 0 fully saturated rings. The van der Waals surface area contributed by atoms with Gasteiger partial charge in [0.2, 0.25) is 0 Å². The summed E-state index contributed by atoms with van der Waals surface area (Å²) in [5.41, 5.74) is 1.09. The lowest BCUT2D eigenvalue weighted by molar-refractivity contribution is 0.172. The van der Waals surface area contributed by atoms with E-state index in [2.05, 4.69) is 31.9 Å². The highest BCUT2D eigenvalue weighted by Crippen LogP contribution is 2.31. The van der Waals surface area contributed by atoms with Crippen LogP contribution < -0.4 is 4.74 Å². The molecule has 0 spiro atoms. The number of aliphatic hydroxyl groups is 1. The Balaban J connectivity index is 2.28. The summed E-state index contributed by atoms with van der Waals surface area (Å²) in [5, 5.41) is 10.3. The van der Waals surface area contributed by atoms with E-state index in [9.17, 15) is 9.50 Å². The van der Waals surface area contributed by atoms with Crippen molar-refractivity contribution in [3.63, 3.8) is 0 Å². The summed E-state index contributed by atoms with van der Waals surface area (Å²) in [6.07, 6.45) is -0.648. The van der Waals surface area contributed by atoms with Gasteiger partial charge in [0, 0.05) is 20.9 Å². The fourth-order valence-corrected chi connectivity index (χ4v) is 2.73. The largest absolute Gasteiger partial charge is 0.496 e. The maximum atomic E-state index is 13.7. The van der Waals surface area contributed by atoms with Crippen molar-refractivity contribution < 1.29 is 14.2 Å². The summed E-state index contributed by atoms with van der Waals surface area (Å²) in [6.45, 7) is 0. The fraction of sp³-hybridized carbons (Fsp3) is 0.200. The van der Waals surface area contributed by atoms with E-state index >= 15 is 0 Å². The molecule has 1 atom stereocenters. The topological polar surface area (TPSA) is 29.5 Å². The van der Waals surface area contributed by atoms with Crippen LogP contribution in [0.5, 0.6) is 5.75 Å². The first-order valence-electron chi connectivity index (χ1n) is 5.96. The van der Waals surface area contributed by atoms with Gasteiger partial charge in [-0.2, -0.15) is 0 Å². The van der Waals surface area contributed by atoms with E-state index in [-0.39, 0.29) is 12.2 Å². The van der Waals surface area contributed by atoms with Gasteiger partial charge in [-0.15, -0.1) is 0 Å². The van der Waals surface area contributed by atoms with Crippen molar-refractivity contribution in [3.8, 4) is 5.75 Å². The monoisotopic (exact) mass is 402 g/mol. The summed E-state index contributed by atoms with van der Waals surface area (Å²) in [6, 6.07) is 10.0. The van der Waals surface area contributed by atoms with Crippen LogP contribution in [0.15, 0.2) is 45.3 Å². The SMILES string of the molecule is COc1cc(Br)ccc1C(O)Cc1cc(Br)ccc1F. The normalized spacial score (nSPS) is 12.2. The number of benzene rings is 2. The number of hydrogen-bond donors (Lipinski definition) is 1. The molecule has 0 aliphatic carbocycles. The van der Waals surface area contributed by atoms with Crippen molar-refractivity contribution in [1.29, 1.82) is 0 Å². The van der Waals surface area contributed by atoms with Crippen molar-refractivity contribution in [2.24, 2.45) is 0 Å². The van der Waals surface area contributed by atoms with E-state index in [1.807, 2.05) is 6.07 Å². The first kappa shape index (κ1) is 15.5.